The molecule has 1 N–H and O–H groups in total. The number of halogens is 1. The van der Waals surface area contributed by atoms with Crippen LogP contribution in [0, 0.1) is 0 Å². The van der Waals surface area contributed by atoms with Gasteiger partial charge in [-0.2, -0.15) is 0 Å². The Kier molecular flexibility index (Phi) is 8.72. The second-order valence-electron chi connectivity index (χ2n) is 7.07. The third-order valence-corrected chi connectivity index (χ3v) is 17.3. The zero-order valence-corrected chi connectivity index (χ0v) is 19.6. The Hall–Kier alpha value is -0.771. The van der Waals surface area contributed by atoms with Gasteiger partial charge in [-0.1, -0.05) is 0 Å². The Balaban J connectivity index is 2.40. The molecule has 0 fully saturated rings. The van der Waals surface area contributed by atoms with E-state index >= 15 is 0 Å². The molecule has 2 rings (SSSR count). The Morgan fingerprint density at radius 1 is 0.846 bits per heavy atom. The van der Waals surface area contributed by atoms with Crippen LogP contribution in [0.1, 0.15) is 50.7 Å². The summed E-state index contributed by atoms with van der Waals surface area (Å²) in [5, 5.41) is 11.7. The zero-order valence-electron chi connectivity index (χ0n) is 16.0. The molecule has 0 atom stereocenters. The van der Waals surface area contributed by atoms with Gasteiger partial charge in [-0.3, -0.25) is 0 Å². The second-order valence-corrected chi connectivity index (χ2v) is 21.8. The first-order chi connectivity index (χ1) is 12.5. The normalized spacial score (nSPS) is 12.6. The van der Waals surface area contributed by atoms with E-state index in [2.05, 4.69) is 17.9 Å². The summed E-state index contributed by atoms with van der Waals surface area (Å²) in [5.41, 5.74) is 0.648. The molecule has 0 amide bonds. The molecule has 0 aliphatic rings. The summed E-state index contributed by atoms with van der Waals surface area (Å²) >= 11 is -2.87. The molecule has 0 bridgehead atoms. The van der Waals surface area contributed by atoms with Crippen molar-refractivity contribution < 1.29 is 5.11 Å². The third kappa shape index (κ3) is 5.87. The molecule has 0 aliphatic carbocycles. The van der Waals surface area contributed by atoms with Gasteiger partial charge in [0.05, 0.1) is 0 Å². The molecule has 2 aromatic rings. The van der Waals surface area contributed by atoms with Gasteiger partial charge in [-0.15, -0.1) is 0 Å². The van der Waals surface area contributed by atoms with E-state index in [0.29, 0.717) is 0 Å². The van der Waals surface area contributed by atoms with Crippen LogP contribution >= 0.6 is 8.92 Å². The molecule has 0 unspecified atom stereocenters. The monoisotopic (exact) mass is 478 g/mol. The van der Waals surface area contributed by atoms with E-state index in [4.69, 9.17) is 8.92 Å². The van der Waals surface area contributed by atoms with Crippen LogP contribution < -0.4 is 0 Å². The van der Waals surface area contributed by atoms with Crippen LogP contribution in [0.2, 0.25) is 8.87 Å². The molecular weight excluding hydrogens is 446 g/mol. The van der Waals surface area contributed by atoms with E-state index in [1.165, 1.54) is 25.7 Å². The van der Waals surface area contributed by atoms with Gasteiger partial charge in [-0.05, 0) is 0 Å². The minimum atomic E-state index is -2.87. The molecule has 0 aliphatic heterocycles. The summed E-state index contributed by atoms with van der Waals surface area (Å²) in [6.45, 7) is 4.44. The van der Waals surface area contributed by atoms with Crippen molar-refractivity contribution in [2.75, 3.05) is 0 Å². The molecule has 140 valence electrons. The van der Waals surface area contributed by atoms with Crippen molar-refractivity contribution in [1.29, 1.82) is 0 Å². The number of rotatable bonds is 10. The first-order valence-electron chi connectivity index (χ1n) is 9.77. The average molecular weight is 478 g/mol. The maximum atomic E-state index is 11.7. The van der Waals surface area contributed by atoms with Crippen LogP contribution in [0.25, 0.3) is 0 Å². The Labute approximate surface area is 166 Å². The molecule has 1 nitrogen and oxygen atoms in total. The van der Waals surface area contributed by atoms with Crippen molar-refractivity contribution >= 4 is 26.2 Å². The molecule has 0 radical (unpaired) electrons. The Morgan fingerprint density at radius 2 is 1.27 bits per heavy atom. The van der Waals surface area contributed by atoms with Crippen molar-refractivity contribution in [2.24, 2.45) is 0 Å². The summed E-state index contributed by atoms with van der Waals surface area (Å²) in [6, 6.07) is 19.8. The van der Waals surface area contributed by atoms with Gasteiger partial charge in [0.1, 0.15) is 0 Å². The number of benzene rings is 2. The predicted molar refractivity (Wildman–Crippen MR) is 116 cm³/mol. The zero-order chi connectivity index (χ0) is 18.9. The van der Waals surface area contributed by atoms with Crippen LogP contribution in [0.4, 0.5) is 0 Å². The van der Waals surface area contributed by atoms with Crippen molar-refractivity contribution in [3.8, 4) is 0 Å². The van der Waals surface area contributed by atoms with E-state index < -0.39 is 22.9 Å². The van der Waals surface area contributed by atoms with Gasteiger partial charge in [0.25, 0.3) is 0 Å². The number of hydrogen-bond donors (Lipinski definition) is 1. The molecule has 2 aromatic carbocycles. The number of hydrogen-bond acceptors (Lipinski definition) is 1. The number of aliphatic hydroxyl groups is 1. The van der Waals surface area contributed by atoms with E-state index in [-0.39, 0.29) is 0 Å². The third-order valence-electron chi connectivity index (χ3n) is 4.94. The molecule has 0 aromatic heterocycles. The Bertz CT molecular complexity index is 622. The van der Waals surface area contributed by atoms with Crippen molar-refractivity contribution in [2.45, 2.75) is 54.0 Å². The summed E-state index contributed by atoms with van der Waals surface area (Å²) in [5.74, 6) is 0. The minimum absolute atomic E-state index is 0.888. The summed E-state index contributed by atoms with van der Waals surface area (Å²) < 4.78 is 4.54. The molecule has 0 saturated heterocycles. The van der Waals surface area contributed by atoms with Crippen LogP contribution in [0.5, 0.6) is 0 Å². The standard InChI is InChI=1S/C15H13O.2C4H9.ClH.Sn/c1-2-15(16,13-9-5-3-6-10-13)14-11-7-4-8-12-14;2*1-3-4-2;;/h1-12,16H;2*1,3-4H2,2H3;1H;/q;;;;+1/p-1. The predicted octanol–water partition coefficient (Wildman–Crippen LogP) is 6.80. The van der Waals surface area contributed by atoms with E-state index in [9.17, 15) is 5.11 Å². The number of unbranched alkanes of at least 4 members (excludes halogenated alkanes) is 2. The van der Waals surface area contributed by atoms with Crippen molar-refractivity contribution in [3.63, 3.8) is 0 Å². The topological polar surface area (TPSA) is 20.2 Å². The summed E-state index contributed by atoms with van der Waals surface area (Å²) in [7, 11) is 7.19. The summed E-state index contributed by atoms with van der Waals surface area (Å²) in [4.78, 5) is 0. The quantitative estimate of drug-likeness (QED) is 0.373. The molecule has 0 spiro atoms. The fourth-order valence-corrected chi connectivity index (χ4v) is 14.0. The molecule has 0 heterocycles. The van der Waals surface area contributed by atoms with Crippen molar-refractivity contribution in [1.82, 2.24) is 0 Å². The van der Waals surface area contributed by atoms with Crippen LogP contribution in [-0.4, -0.2) is 22.4 Å². The fraction of sp³-hybridized carbons (Fsp3) is 0.391. The SMILES string of the molecule is CCC[CH2][Sn]([Cl])(/[CH]=C\C(O)(c1ccccc1)c1ccccc1)[CH2]CCC. The van der Waals surface area contributed by atoms with Crippen LogP contribution in [-0.2, 0) is 5.60 Å². The average Bonchev–Trinajstić information content (AvgIpc) is 2.70. The molecule has 0 saturated carbocycles. The molecule has 3 heteroatoms. The van der Waals surface area contributed by atoms with E-state index in [1.54, 1.807) is 0 Å². The van der Waals surface area contributed by atoms with Gasteiger partial charge in [-0.25, -0.2) is 0 Å². The molecule has 26 heavy (non-hydrogen) atoms. The van der Waals surface area contributed by atoms with Gasteiger partial charge >= 0.3 is 167 Å². The van der Waals surface area contributed by atoms with E-state index in [0.717, 1.165) is 20.0 Å². The first-order valence-corrected chi connectivity index (χ1v) is 19.1. The first kappa shape index (κ1) is 21.5. The van der Waals surface area contributed by atoms with Crippen LogP contribution in [0.15, 0.2) is 70.8 Å². The van der Waals surface area contributed by atoms with Crippen molar-refractivity contribution in [3.05, 3.63) is 82.0 Å². The van der Waals surface area contributed by atoms with Gasteiger partial charge in [0.2, 0.25) is 0 Å². The molecular formula is C23H31ClOSn. The van der Waals surface area contributed by atoms with Gasteiger partial charge in [0.15, 0.2) is 0 Å². The summed E-state index contributed by atoms with van der Waals surface area (Å²) in [6.07, 6.45) is 6.71. The van der Waals surface area contributed by atoms with Gasteiger partial charge in [0, 0.05) is 0 Å². The Morgan fingerprint density at radius 3 is 1.65 bits per heavy atom. The maximum absolute atomic E-state index is 11.7. The van der Waals surface area contributed by atoms with Gasteiger partial charge < -0.3 is 0 Å². The fourth-order valence-electron chi connectivity index (χ4n) is 3.25. The second kappa shape index (κ2) is 10.5. The van der Waals surface area contributed by atoms with E-state index in [1.807, 2.05) is 66.7 Å². The van der Waals surface area contributed by atoms with Crippen LogP contribution in [0.3, 0.4) is 0 Å².